The highest BCUT2D eigenvalue weighted by molar-refractivity contribution is 5.93. The van der Waals surface area contributed by atoms with E-state index < -0.39 is 10.8 Å². The Morgan fingerprint density at radius 1 is 1.19 bits per heavy atom. The van der Waals surface area contributed by atoms with Gasteiger partial charge >= 0.3 is 0 Å². The molecule has 2 N–H and O–H groups in total. The van der Waals surface area contributed by atoms with Gasteiger partial charge < -0.3 is 9.88 Å². The minimum Gasteiger partial charge on any atom is -0.357 e. The molecule has 0 bridgehead atoms. The Labute approximate surface area is 155 Å². The van der Waals surface area contributed by atoms with Crippen LogP contribution in [0.25, 0.3) is 0 Å². The Kier molecular flexibility index (Phi) is 5.27. The van der Waals surface area contributed by atoms with Crippen molar-refractivity contribution in [1.82, 2.24) is 10.4 Å². The number of carbonyl (C=O) groups excluding carboxylic acids is 1. The van der Waals surface area contributed by atoms with Gasteiger partial charge in [-0.2, -0.15) is 5.10 Å². The van der Waals surface area contributed by atoms with Crippen molar-refractivity contribution in [2.24, 2.45) is 5.10 Å². The molecule has 27 heavy (non-hydrogen) atoms. The fourth-order valence-electron chi connectivity index (χ4n) is 2.54. The lowest BCUT2D eigenvalue weighted by atomic mass is 10.1. The number of hydrogen-bond acceptors (Lipinski definition) is 5. The highest BCUT2D eigenvalue weighted by Crippen LogP contribution is 2.32. The third-order valence-electron chi connectivity index (χ3n) is 3.92. The number of nitro groups is 1. The van der Waals surface area contributed by atoms with Gasteiger partial charge in [-0.1, -0.05) is 24.3 Å². The summed E-state index contributed by atoms with van der Waals surface area (Å²) in [4.78, 5) is 27.4. The van der Waals surface area contributed by atoms with Crippen molar-refractivity contribution in [3.63, 3.8) is 0 Å². The number of hydrazone groups is 1. The molecule has 1 aromatic heterocycles. The number of aromatic amines is 1. The normalized spacial score (nSPS) is 10.7. The number of nitro benzene ring substituents is 1. The Bertz CT molecular complexity index is 968. The van der Waals surface area contributed by atoms with Gasteiger partial charge in [-0.15, -0.1) is 0 Å². The molecule has 1 heterocycles. The molecule has 8 heteroatoms. The summed E-state index contributed by atoms with van der Waals surface area (Å²) in [5.74, 6) is -0.397. The van der Waals surface area contributed by atoms with E-state index in [1.807, 2.05) is 30.3 Å². The van der Waals surface area contributed by atoms with Crippen LogP contribution in [0, 0.1) is 10.1 Å². The molecule has 0 aliphatic rings. The van der Waals surface area contributed by atoms with E-state index in [1.54, 1.807) is 42.4 Å². The average Bonchev–Trinajstić information content (AvgIpc) is 3.23. The quantitative estimate of drug-likeness (QED) is 0.398. The first-order valence-corrected chi connectivity index (χ1v) is 8.10. The predicted octanol–water partition coefficient (Wildman–Crippen LogP) is 3.45. The molecule has 1 amide bonds. The maximum atomic E-state index is 11.8. The molecule has 8 nitrogen and oxygen atoms in total. The van der Waals surface area contributed by atoms with Crippen molar-refractivity contribution in [3.05, 3.63) is 88.2 Å². The average molecular weight is 363 g/mol. The molecule has 0 aliphatic heterocycles. The van der Waals surface area contributed by atoms with E-state index in [9.17, 15) is 14.9 Å². The number of H-pyrrole nitrogens is 1. The van der Waals surface area contributed by atoms with Crippen molar-refractivity contribution >= 4 is 29.2 Å². The first-order valence-electron chi connectivity index (χ1n) is 8.10. The van der Waals surface area contributed by atoms with Gasteiger partial charge in [0, 0.05) is 30.6 Å². The van der Waals surface area contributed by atoms with Crippen molar-refractivity contribution in [2.45, 2.75) is 0 Å². The molecule has 0 radical (unpaired) electrons. The molecule has 3 rings (SSSR count). The fourth-order valence-corrected chi connectivity index (χ4v) is 2.54. The largest absolute Gasteiger partial charge is 0.357 e. The third kappa shape index (κ3) is 4.18. The van der Waals surface area contributed by atoms with E-state index in [-0.39, 0.29) is 5.69 Å². The standard InChI is InChI=1S/C19H17N5O3/c1-23(15-6-3-2-4-7-15)17-10-9-14(12-18(17)24(26)27)13-21-22-19(25)16-8-5-11-20-16/h2-13,20H,1H3,(H,22,25)/b21-13-. The van der Waals surface area contributed by atoms with Gasteiger partial charge in [0.25, 0.3) is 11.6 Å². The molecule has 0 saturated heterocycles. The summed E-state index contributed by atoms with van der Waals surface area (Å²) in [7, 11) is 1.77. The molecule has 0 saturated carbocycles. The topological polar surface area (TPSA) is 104 Å². The van der Waals surface area contributed by atoms with Gasteiger partial charge in [-0.05, 0) is 30.3 Å². The molecule has 3 aromatic rings. The number of carbonyl (C=O) groups is 1. The maximum Gasteiger partial charge on any atom is 0.293 e. The molecule has 0 fully saturated rings. The lowest BCUT2D eigenvalue weighted by Crippen LogP contribution is -2.17. The second-order valence-corrected chi connectivity index (χ2v) is 5.68. The summed E-state index contributed by atoms with van der Waals surface area (Å²) in [5, 5.41) is 15.4. The van der Waals surface area contributed by atoms with Gasteiger partial charge in [0.15, 0.2) is 0 Å². The highest BCUT2D eigenvalue weighted by Gasteiger charge is 2.18. The van der Waals surface area contributed by atoms with Gasteiger partial charge in [0.05, 0.1) is 11.1 Å². The van der Waals surface area contributed by atoms with Crippen LogP contribution in [0.3, 0.4) is 0 Å². The van der Waals surface area contributed by atoms with E-state index in [4.69, 9.17) is 0 Å². The number of nitrogens with one attached hydrogen (secondary N) is 2. The van der Waals surface area contributed by atoms with E-state index in [0.29, 0.717) is 16.9 Å². The number of amides is 1. The Hall–Kier alpha value is -3.94. The summed E-state index contributed by atoms with van der Waals surface area (Å²) >= 11 is 0. The van der Waals surface area contributed by atoms with Gasteiger partial charge in [0.1, 0.15) is 11.4 Å². The van der Waals surface area contributed by atoms with Crippen LogP contribution < -0.4 is 10.3 Å². The number of rotatable bonds is 6. The summed E-state index contributed by atoms with van der Waals surface area (Å²) in [6.07, 6.45) is 2.99. The number of para-hydroxylation sites is 1. The van der Waals surface area contributed by atoms with E-state index in [1.165, 1.54) is 12.3 Å². The summed E-state index contributed by atoms with van der Waals surface area (Å²) in [5.41, 5.74) is 4.47. The number of benzene rings is 2. The zero-order valence-electron chi connectivity index (χ0n) is 14.5. The molecular formula is C19H17N5O3. The van der Waals surface area contributed by atoms with Crippen molar-refractivity contribution in [2.75, 3.05) is 11.9 Å². The van der Waals surface area contributed by atoms with Crippen LogP contribution in [0.4, 0.5) is 17.1 Å². The zero-order valence-corrected chi connectivity index (χ0v) is 14.5. The predicted molar refractivity (Wildman–Crippen MR) is 103 cm³/mol. The Balaban J connectivity index is 1.80. The Morgan fingerprint density at radius 2 is 1.96 bits per heavy atom. The molecule has 0 atom stereocenters. The molecule has 2 aromatic carbocycles. The van der Waals surface area contributed by atoms with Crippen molar-refractivity contribution in [3.8, 4) is 0 Å². The van der Waals surface area contributed by atoms with E-state index in [2.05, 4.69) is 15.5 Å². The molecular weight excluding hydrogens is 346 g/mol. The van der Waals surface area contributed by atoms with Crippen LogP contribution >= 0.6 is 0 Å². The highest BCUT2D eigenvalue weighted by atomic mass is 16.6. The minimum atomic E-state index is -0.441. The first kappa shape index (κ1) is 17.9. The van der Waals surface area contributed by atoms with Gasteiger partial charge in [-0.3, -0.25) is 14.9 Å². The smallest absolute Gasteiger partial charge is 0.293 e. The lowest BCUT2D eigenvalue weighted by molar-refractivity contribution is -0.384. The molecule has 0 spiro atoms. The molecule has 0 aliphatic carbocycles. The number of anilines is 2. The molecule has 136 valence electrons. The fraction of sp³-hybridized carbons (Fsp3) is 0.0526. The number of hydrogen-bond donors (Lipinski definition) is 2. The second kappa shape index (κ2) is 7.96. The van der Waals surface area contributed by atoms with Crippen LogP contribution in [0.2, 0.25) is 0 Å². The van der Waals surface area contributed by atoms with Gasteiger partial charge in [0.2, 0.25) is 0 Å². The SMILES string of the molecule is CN(c1ccccc1)c1ccc(/C=N\NC(=O)c2ccc[nH]2)cc1[N+](=O)[O-]. The van der Waals surface area contributed by atoms with Crippen LogP contribution in [0.1, 0.15) is 16.1 Å². The first-order chi connectivity index (χ1) is 13.1. The minimum absolute atomic E-state index is 0.0546. The van der Waals surface area contributed by atoms with Crippen molar-refractivity contribution in [1.29, 1.82) is 0 Å². The zero-order chi connectivity index (χ0) is 19.2. The third-order valence-corrected chi connectivity index (χ3v) is 3.92. The van der Waals surface area contributed by atoms with Gasteiger partial charge in [-0.25, -0.2) is 5.43 Å². The number of nitrogens with zero attached hydrogens (tertiary/aromatic N) is 3. The lowest BCUT2D eigenvalue weighted by Gasteiger charge is -2.19. The summed E-state index contributed by atoms with van der Waals surface area (Å²) in [6, 6.07) is 17.4. The second-order valence-electron chi connectivity index (χ2n) is 5.68. The molecule has 0 unspecified atom stereocenters. The van der Waals surface area contributed by atoms with Crippen LogP contribution in [0.5, 0.6) is 0 Å². The van der Waals surface area contributed by atoms with Crippen LogP contribution in [0.15, 0.2) is 72.0 Å². The maximum absolute atomic E-state index is 11.8. The van der Waals surface area contributed by atoms with E-state index in [0.717, 1.165) is 5.69 Å². The van der Waals surface area contributed by atoms with Crippen LogP contribution in [-0.4, -0.2) is 29.1 Å². The Morgan fingerprint density at radius 3 is 2.63 bits per heavy atom. The van der Waals surface area contributed by atoms with Crippen molar-refractivity contribution < 1.29 is 9.72 Å². The summed E-state index contributed by atoms with van der Waals surface area (Å²) < 4.78 is 0. The van der Waals surface area contributed by atoms with Crippen LogP contribution in [-0.2, 0) is 0 Å². The summed E-state index contributed by atoms with van der Waals surface area (Å²) in [6.45, 7) is 0. The van der Waals surface area contributed by atoms with E-state index >= 15 is 0 Å². The number of aromatic nitrogens is 1. The monoisotopic (exact) mass is 363 g/mol.